The first-order chi connectivity index (χ1) is 20.4. The highest BCUT2D eigenvalue weighted by Gasteiger charge is 2.42. The summed E-state index contributed by atoms with van der Waals surface area (Å²) in [4.78, 5) is 33.6. The van der Waals surface area contributed by atoms with Gasteiger partial charge >= 0.3 is 5.97 Å². The number of fused-ring (bicyclic) bond motifs is 1. The first-order valence-electron chi connectivity index (χ1n) is 13.4. The van der Waals surface area contributed by atoms with Gasteiger partial charge in [-0.1, -0.05) is 60.3 Å². The first-order valence-corrected chi connectivity index (χ1v) is 14.2. The number of hydrogen-bond acceptors (Lipinski definition) is 8. The van der Waals surface area contributed by atoms with Crippen LogP contribution in [0.1, 0.15) is 36.1 Å². The zero-order chi connectivity index (χ0) is 29.6. The fraction of sp³-hybridized carbons (Fsp3) is 0.219. The molecule has 0 unspecified atom stereocenters. The van der Waals surface area contributed by atoms with Crippen molar-refractivity contribution in [2.24, 2.45) is 4.99 Å². The van der Waals surface area contributed by atoms with Crippen molar-refractivity contribution in [2.75, 3.05) is 20.8 Å². The molecule has 0 aromatic heterocycles. The molecule has 3 aromatic rings. The van der Waals surface area contributed by atoms with Gasteiger partial charge in [-0.25, -0.2) is 14.2 Å². The van der Waals surface area contributed by atoms with Gasteiger partial charge in [-0.05, 0) is 47.7 Å². The predicted octanol–water partition coefficient (Wildman–Crippen LogP) is 5.82. The fourth-order valence-corrected chi connectivity index (χ4v) is 5.78. The van der Waals surface area contributed by atoms with Crippen LogP contribution in [-0.4, -0.2) is 42.8 Å². The van der Waals surface area contributed by atoms with E-state index >= 15 is 0 Å². The smallest absolute Gasteiger partial charge is 0.338 e. The van der Waals surface area contributed by atoms with Crippen molar-refractivity contribution in [2.45, 2.75) is 25.9 Å². The minimum atomic E-state index is -0.669. The maximum Gasteiger partial charge on any atom is 0.338 e. The maximum atomic E-state index is 13.7. The lowest BCUT2D eigenvalue weighted by Crippen LogP contribution is -2.38. The van der Waals surface area contributed by atoms with Gasteiger partial charge in [0.1, 0.15) is 5.82 Å². The number of ether oxygens (including phenoxy) is 3. The van der Waals surface area contributed by atoms with E-state index in [1.807, 2.05) is 52.8 Å². The number of nitrogens with one attached hydrogen (secondary N) is 1. The number of thioether (sulfide) groups is 1. The monoisotopic (exact) mass is 587 g/mol. The van der Waals surface area contributed by atoms with Gasteiger partial charge in [0.25, 0.3) is 0 Å². The Hall–Kier alpha value is -4.57. The number of nitrogens with zero attached hydrogens (tertiary/aromatic N) is 2. The van der Waals surface area contributed by atoms with Crippen molar-refractivity contribution in [3.8, 4) is 11.5 Å². The minimum absolute atomic E-state index is 0.0355. The van der Waals surface area contributed by atoms with Gasteiger partial charge < -0.3 is 24.4 Å². The van der Waals surface area contributed by atoms with Crippen LogP contribution in [-0.2, 0) is 20.9 Å². The molecular formula is C32H30FN3O5S. The van der Waals surface area contributed by atoms with E-state index in [0.717, 1.165) is 16.7 Å². The van der Waals surface area contributed by atoms with Gasteiger partial charge in [0.05, 0.1) is 44.6 Å². The van der Waals surface area contributed by atoms with Crippen LogP contribution < -0.4 is 14.8 Å². The van der Waals surface area contributed by atoms with Crippen molar-refractivity contribution in [1.82, 2.24) is 10.2 Å². The van der Waals surface area contributed by atoms with Crippen LogP contribution >= 0.6 is 11.8 Å². The van der Waals surface area contributed by atoms with E-state index in [0.29, 0.717) is 33.6 Å². The molecule has 0 fully saturated rings. The number of halogens is 1. The Morgan fingerprint density at radius 2 is 1.74 bits per heavy atom. The van der Waals surface area contributed by atoms with E-state index in [2.05, 4.69) is 5.32 Å². The molecule has 0 spiro atoms. The number of amidine groups is 1. The molecule has 0 bridgehead atoms. The summed E-state index contributed by atoms with van der Waals surface area (Å²) in [6, 6.07) is 20.3. The van der Waals surface area contributed by atoms with Crippen LogP contribution in [0.15, 0.2) is 94.5 Å². The Kier molecular flexibility index (Phi) is 8.92. The van der Waals surface area contributed by atoms with Gasteiger partial charge in [0.2, 0.25) is 5.91 Å². The van der Waals surface area contributed by atoms with E-state index in [4.69, 9.17) is 19.2 Å². The molecule has 5 rings (SSSR count). The number of carbonyl (C=O) groups is 2. The molecule has 8 nitrogen and oxygen atoms in total. The third-order valence-electron chi connectivity index (χ3n) is 6.82. The molecule has 1 amide bonds. The highest BCUT2D eigenvalue weighted by Crippen LogP contribution is 2.48. The molecule has 216 valence electrons. The van der Waals surface area contributed by atoms with Crippen molar-refractivity contribution in [3.05, 3.63) is 112 Å². The third-order valence-corrected chi connectivity index (χ3v) is 7.71. The third kappa shape index (κ3) is 6.03. The van der Waals surface area contributed by atoms with E-state index < -0.39 is 12.0 Å². The Morgan fingerprint density at radius 3 is 2.43 bits per heavy atom. The largest absolute Gasteiger partial charge is 0.493 e. The fourth-order valence-electron chi connectivity index (χ4n) is 4.86. The van der Waals surface area contributed by atoms with Gasteiger partial charge in [0, 0.05) is 17.8 Å². The number of esters is 1. The normalized spacial score (nSPS) is 15.9. The van der Waals surface area contributed by atoms with Crippen LogP contribution in [0.4, 0.5) is 4.39 Å². The van der Waals surface area contributed by atoms with Crippen molar-refractivity contribution in [3.63, 3.8) is 0 Å². The average molecular weight is 588 g/mol. The quantitative estimate of drug-likeness (QED) is 0.299. The van der Waals surface area contributed by atoms with Crippen molar-refractivity contribution >= 4 is 34.5 Å². The topological polar surface area (TPSA) is 89.5 Å². The summed E-state index contributed by atoms with van der Waals surface area (Å²) in [6.45, 7) is 2.20. The van der Waals surface area contributed by atoms with Gasteiger partial charge in [-0.3, -0.25) is 4.79 Å². The van der Waals surface area contributed by atoms with Crippen LogP contribution in [0.5, 0.6) is 11.5 Å². The summed E-state index contributed by atoms with van der Waals surface area (Å²) in [5.74, 6) is -0.0257. The van der Waals surface area contributed by atoms with Crippen LogP contribution in [0.2, 0.25) is 0 Å². The molecule has 0 saturated heterocycles. The molecule has 1 atom stereocenters. The Labute approximate surface area is 247 Å². The van der Waals surface area contributed by atoms with Gasteiger partial charge in [-0.15, -0.1) is 0 Å². The van der Waals surface area contributed by atoms with Gasteiger partial charge in [0.15, 0.2) is 16.7 Å². The summed E-state index contributed by atoms with van der Waals surface area (Å²) in [5.41, 5.74) is 3.80. The molecule has 2 aliphatic rings. The van der Waals surface area contributed by atoms with E-state index in [-0.39, 0.29) is 31.3 Å². The number of methoxy groups -OCH3 is 2. The molecule has 3 aromatic carbocycles. The molecular weight excluding hydrogens is 557 g/mol. The lowest BCUT2D eigenvalue weighted by atomic mass is 9.91. The maximum absolute atomic E-state index is 13.7. The first kappa shape index (κ1) is 28.9. The lowest BCUT2D eigenvalue weighted by molar-refractivity contribution is -0.139. The van der Waals surface area contributed by atoms with Crippen molar-refractivity contribution < 1.29 is 28.2 Å². The second-order valence-corrected chi connectivity index (χ2v) is 10.3. The molecule has 1 N–H and O–H groups in total. The van der Waals surface area contributed by atoms with E-state index in [1.165, 1.54) is 23.9 Å². The second-order valence-electron chi connectivity index (χ2n) is 9.44. The predicted molar refractivity (Wildman–Crippen MR) is 160 cm³/mol. The number of amides is 1. The van der Waals surface area contributed by atoms with Crippen LogP contribution in [0.3, 0.4) is 0 Å². The SMILES string of the molecule is CCOC(=O)C1=C(c2ccccc2)N=C2SC=C(CC(=O)NCc3ccc(F)cc3)N2[C@@H]1c1ccc(OC)c(OC)c1. The summed E-state index contributed by atoms with van der Waals surface area (Å²) in [5, 5.41) is 5.40. The molecule has 2 aliphatic heterocycles. The van der Waals surface area contributed by atoms with Gasteiger partial charge in [-0.2, -0.15) is 0 Å². The molecule has 2 heterocycles. The molecule has 10 heteroatoms. The highest BCUT2D eigenvalue weighted by atomic mass is 32.2. The van der Waals surface area contributed by atoms with Crippen LogP contribution in [0, 0.1) is 5.82 Å². The molecule has 0 aliphatic carbocycles. The minimum Gasteiger partial charge on any atom is -0.493 e. The summed E-state index contributed by atoms with van der Waals surface area (Å²) in [7, 11) is 3.11. The summed E-state index contributed by atoms with van der Waals surface area (Å²) in [6.07, 6.45) is 0.0355. The second kappa shape index (κ2) is 12.9. The molecule has 0 radical (unpaired) electrons. The Bertz CT molecular complexity index is 1570. The Balaban J connectivity index is 1.55. The highest BCUT2D eigenvalue weighted by molar-refractivity contribution is 8.16. The Morgan fingerprint density at radius 1 is 1.00 bits per heavy atom. The number of benzene rings is 3. The van der Waals surface area contributed by atoms with Crippen molar-refractivity contribution in [1.29, 1.82) is 0 Å². The lowest BCUT2D eigenvalue weighted by Gasteiger charge is -2.37. The zero-order valence-corrected chi connectivity index (χ0v) is 24.2. The standard InChI is InChI=1S/C32H30FN3O5S/c1-4-41-31(38)28-29(21-8-6-5-7-9-21)35-32-36(30(28)22-12-15-25(39-2)26(16-22)40-3)24(19-42-32)17-27(37)34-18-20-10-13-23(33)14-11-20/h5-16,19,30H,4,17-18H2,1-3H3,(H,34,37)/t30-/m1/s1. The molecule has 42 heavy (non-hydrogen) atoms. The number of aliphatic imine (C=N–C) groups is 1. The molecule has 0 saturated carbocycles. The summed E-state index contributed by atoms with van der Waals surface area (Å²) < 4.78 is 29.9. The summed E-state index contributed by atoms with van der Waals surface area (Å²) >= 11 is 1.38. The number of rotatable bonds is 10. The zero-order valence-electron chi connectivity index (χ0n) is 23.4. The van der Waals surface area contributed by atoms with E-state index in [9.17, 15) is 14.0 Å². The number of hydrogen-bond donors (Lipinski definition) is 1. The average Bonchev–Trinajstić information content (AvgIpc) is 3.42. The van der Waals surface area contributed by atoms with E-state index in [1.54, 1.807) is 39.3 Å². The number of carbonyl (C=O) groups excluding carboxylic acids is 2. The van der Waals surface area contributed by atoms with Crippen LogP contribution in [0.25, 0.3) is 5.70 Å².